The number of halogens is 1. The first kappa shape index (κ1) is 11.3. The van der Waals surface area contributed by atoms with Gasteiger partial charge in [0.15, 0.2) is 0 Å². The molecule has 1 atom stereocenters. The summed E-state index contributed by atoms with van der Waals surface area (Å²) in [5.41, 5.74) is 1.64. The van der Waals surface area contributed by atoms with Crippen LogP contribution in [0.5, 0.6) is 0 Å². The van der Waals surface area contributed by atoms with Gasteiger partial charge in [0, 0.05) is 11.1 Å². The van der Waals surface area contributed by atoms with Crippen LogP contribution >= 0.6 is 0 Å². The van der Waals surface area contributed by atoms with Crippen molar-refractivity contribution in [3.8, 4) is 0 Å². The van der Waals surface area contributed by atoms with Crippen LogP contribution < -0.4 is 5.32 Å². The van der Waals surface area contributed by atoms with Gasteiger partial charge in [-0.2, -0.15) is 0 Å². The highest BCUT2D eigenvalue weighted by molar-refractivity contribution is 5.78. The molecule has 2 nitrogen and oxygen atoms in total. The fraction of sp³-hybridized carbons (Fsp3) is 0.462. The Morgan fingerprint density at radius 2 is 2.25 bits per heavy atom. The van der Waals surface area contributed by atoms with Gasteiger partial charge in [-0.25, -0.2) is 4.39 Å². The van der Waals surface area contributed by atoms with Crippen LogP contribution in [-0.2, 0) is 5.54 Å². The first-order valence-corrected chi connectivity index (χ1v) is 5.58. The minimum Gasteiger partial charge on any atom is -0.308 e. The van der Waals surface area contributed by atoms with Gasteiger partial charge >= 0.3 is 0 Å². The Hall–Kier alpha value is -1.22. The summed E-state index contributed by atoms with van der Waals surface area (Å²) in [4.78, 5) is 11.0. The molecule has 0 radical (unpaired) electrons. The molecule has 1 aromatic carbocycles. The minimum absolute atomic E-state index is 0.240. The van der Waals surface area contributed by atoms with Gasteiger partial charge in [0.25, 0.3) is 0 Å². The van der Waals surface area contributed by atoms with Crippen LogP contribution in [0.1, 0.15) is 41.3 Å². The number of carbonyl (C=O) groups excluding carboxylic acids is 1. The molecule has 1 N–H and O–H groups in total. The molecule has 0 aliphatic carbocycles. The van der Waals surface area contributed by atoms with E-state index in [1.165, 1.54) is 6.07 Å². The summed E-state index contributed by atoms with van der Waals surface area (Å²) < 4.78 is 13.6. The highest BCUT2D eigenvalue weighted by Crippen LogP contribution is 2.33. The van der Waals surface area contributed by atoms with Crippen LogP contribution in [0.2, 0.25) is 0 Å². The first-order chi connectivity index (χ1) is 7.57. The normalized spacial score (nSPS) is 24.7. The van der Waals surface area contributed by atoms with Crippen molar-refractivity contribution in [2.24, 2.45) is 0 Å². The fourth-order valence-corrected chi connectivity index (χ4v) is 2.40. The van der Waals surface area contributed by atoms with Crippen molar-refractivity contribution in [1.82, 2.24) is 5.32 Å². The summed E-state index contributed by atoms with van der Waals surface area (Å²) >= 11 is 0. The molecule has 1 fully saturated rings. The number of carbonyl (C=O) groups is 1. The van der Waals surface area contributed by atoms with Crippen molar-refractivity contribution in [3.05, 3.63) is 34.6 Å². The minimum atomic E-state index is -0.259. The Balaban J connectivity index is 2.54. The van der Waals surface area contributed by atoms with E-state index in [0.717, 1.165) is 31.2 Å². The number of hydrogen-bond acceptors (Lipinski definition) is 2. The van der Waals surface area contributed by atoms with Crippen LogP contribution in [0, 0.1) is 12.7 Å². The lowest BCUT2D eigenvalue weighted by Gasteiger charge is -2.26. The maximum Gasteiger partial charge on any atom is 0.150 e. The molecule has 1 aromatic rings. The molecule has 86 valence electrons. The second kappa shape index (κ2) is 3.98. The van der Waals surface area contributed by atoms with Crippen molar-refractivity contribution < 1.29 is 9.18 Å². The molecule has 16 heavy (non-hydrogen) atoms. The monoisotopic (exact) mass is 221 g/mol. The Morgan fingerprint density at radius 3 is 2.81 bits per heavy atom. The van der Waals surface area contributed by atoms with Crippen molar-refractivity contribution in [1.29, 1.82) is 0 Å². The van der Waals surface area contributed by atoms with Gasteiger partial charge in [-0.05, 0) is 56.5 Å². The van der Waals surface area contributed by atoms with Crippen molar-refractivity contribution in [3.63, 3.8) is 0 Å². The Labute approximate surface area is 94.9 Å². The van der Waals surface area contributed by atoms with Crippen LogP contribution in [0.4, 0.5) is 4.39 Å². The van der Waals surface area contributed by atoms with Crippen LogP contribution in [0.25, 0.3) is 0 Å². The zero-order valence-corrected chi connectivity index (χ0v) is 9.64. The Kier molecular flexibility index (Phi) is 2.80. The summed E-state index contributed by atoms with van der Waals surface area (Å²) in [7, 11) is 0. The molecule has 1 aliphatic rings. The summed E-state index contributed by atoms with van der Waals surface area (Å²) in [6, 6.07) is 3.13. The van der Waals surface area contributed by atoms with Gasteiger partial charge in [0.05, 0.1) is 0 Å². The standard InChI is InChI=1S/C13H16FNO/c1-9-6-10(8-16)11(7-12(9)14)13(2)4-3-5-15-13/h6-8,15H,3-5H2,1-2H3. The highest BCUT2D eigenvalue weighted by Gasteiger charge is 2.32. The quantitative estimate of drug-likeness (QED) is 0.777. The first-order valence-electron chi connectivity index (χ1n) is 5.58. The molecule has 0 aromatic heterocycles. The number of hydrogen-bond donors (Lipinski definition) is 1. The zero-order valence-electron chi connectivity index (χ0n) is 9.64. The third-order valence-corrected chi connectivity index (χ3v) is 3.42. The summed E-state index contributed by atoms with van der Waals surface area (Å²) in [5.74, 6) is -0.240. The number of aldehydes is 1. The average molecular weight is 221 g/mol. The van der Waals surface area contributed by atoms with Crippen molar-refractivity contribution >= 4 is 6.29 Å². The largest absolute Gasteiger partial charge is 0.308 e. The predicted octanol–water partition coefficient (Wildman–Crippen LogP) is 2.55. The van der Waals surface area contributed by atoms with E-state index in [4.69, 9.17) is 0 Å². The van der Waals surface area contributed by atoms with Crippen LogP contribution in [0.15, 0.2) is 12.1 Å². The van der Waals surface area contributed by atoms with Crippen molar-refractivity contribution in [2.75, 3.05) is 6.54 Å². The average Bonchev–Trinajstić information content (AvgIpc) is 2.69. The molecule has 3 heteroatoms. The summed E-state index contributed by atoms with van der Waals surface area (Å²) in [6.45, 7) is 4.62. The van der Waals surface area contributed by atoms with Gasteiger partial charge in [-0.15, -0.1) is 0 Å². The molecule has 1 heterocycles. The van der Waals surface area contributed by atoms with Gasteiger partial charge < -0.3 is 5.32 Å². The molecule has 0 spiro atoms. The predicted molar refractivity (Wildman–Crippen MR) is 61.1 cm³/mol. The lowest BCUT2D eigenvalue weighted by molar-refractivity contribution is 0.112. The van der Waals surface area contributed by atoms with E-state index >= 15 is 0 Å². The maximum atomic E-state index is 13.6. The smallest absolute Gasteiger partial charge is 0.150 e. The lowest BCUT2D eigenvalue weighted by Crippen LogP contribution is -2.34. The van der Waals surface area contributed by atoms with E-state index in [0.29, 0.717) is 11.1 Å². The van der Waals surface area contributed by atoms with E-state index in [1.54, 1.807) is 13.0 Å². The van der Waals surface area contributed by atoms with E-state index in [2.05, 4.69) is 5.32 Å². The number of aryl methyl sites for hydroxylation is 1. The van der Waals surface area contributed by atoms with E-state index < -0.39 is 0 Å². The number of benzene rings is 1. The van der Waals surface area contributed by atoms with E-state index in [-0.39, 0.29) is 11.4 Å². The molecule has 1 saturated heterocycles. The van der Waals surface area contributed by atoms with Gasteiger partial charge in [0.1, 0.15) is 12.1 Å². The molecule has 0 amide bonds. The second-order valence-electron chi connectivity index (χ2n) is 4.67. The molecule has 1 unspecified atom stereocenters. The van der Waals surface area contributed by atoms with E-state index in [1.807, 2.05) is 6.92 Å². The third-order valence-electron chi connectivity index (χ3n) is 3.42. The SMILES string of the molecule is Cc1cc(C=O)c(C2(C)CCCN2)cc1F. The summed E-state index contributed by atoms with van der Waals surface area (Å²) in [5, 5.41) is 3.35. The number of rotatable bonds is 2. The molecule has 2 rings (SSSR count). The molecular formula is C13H16FNO. The molecule has 0 saturated carbocycles. The fourth-order valence-electron chi connectivity index (χ4n) is 2.40. The molecule has 1 aliphatic heterocycles. The van der Waals surface area contributed by atoms with Gasteiger partial charge in [0.2, 0.25) is 0 Å². The molecule has 0 bridgehead atoms. The van der Waals surface area contributed by atoms with Crippen molar-refractivity contribution in [2.45, 2.75) is 32.2 Å². The van der Waals surface area contributed by atoms with Gasteiger partial charge in [-0.1, -0.05) is 0 Å². The highest BCUT2D eigenvalue weighted by atomic mass is 19.1. The molecular weight excluding hydrogens is 205 g/mol. The maximum absolute atomic E-state index is 13.6. The topological polar surface area (TPSA) is 29.1 Å². The van der Waals surface area contributed by atoms with Gasteiger partial charge in [-0.3, -0.25) is 4.79 Å². The van der Waals surface area contributed by atoms with Crippen LogP contribution in [-0.4, -0.2) is 12.8 Å². The lowest BCUT2D eigenvalue weighted by atomic mass is 9.86. The zero-order chi connectivity index (χ0) is 11.8. The second-order valence-corrected chi connectivity index (χ2v) is 4.67. The summed E-state index contributed by atoms with van der Waals surface area (Å²) in [6.07, 6.45) is 2.81. The Morgan fingerprint density at radius 1 is 1.50 bits per heavy atom. The third kappa shape index (κ3) is 1.76. The van der Waals surface area contributed by atoms with E-state index in [9.17, 15) is 9.18 Å². The Bertz CT molecular complexity index is 422. The van der Waals surface area contributed by atoms with Crippen LogP contribution in [0.3, 0.4) is 0 Å². The number of nitrogens with one attached hydrogen (secondary N) is 1.